The van der Waals surface area contributed by atoms with Gasteiger partial charge >= 0.3 is 0 Å². The Bertz CT molecular complexity index is 3750. The van der Waals surface area contributed by atoms with E-state index in [9.17, 15) is 0 Å². The molecule has 13 rings (SSSR count). The molecule has 4 heteroatoms. The van der Waals surface area contributed by atoms with Crippen molar-refractivity contribution in [1.29, 1.82) is 0 Å². The van der Waals surface area contributed by atoms with Crippen LogP contribution in [0.2, 0.25) is 0 Å². The molecule has 11 aromatic rings. The van der Waals surface area contributed by atoms with Crippen LogP contribution in [0, 0.1) is 0 Å². The third kappa shape index (κ3) is 6.44. The monoisotopic (exact) mass is 898 g/mol. The molecule has 0 fully saturated rings. The molecular formula is C66H50N4. The molecule has 334 valence electrons. The summed E-state index contributed by atoms with van der Waals surface area (Å²) in [7, 11) is 0. The van der Waals surface area contributed by atoms with Crippen LogP contribution >= 0.6 is 0 Å². The summed E-state index contributed by atoms with van der Waals surface area (Å²) in [6.45, 7) is 9.24. The van der Waals surface area contributed by atoms with Gasteiger partial charge in [0.15, 0.2) is 0 Å². The highest BCUT2D eigenvalue weighted by Crippen LogP contribution is 2.55. The Morgan fingerprint density at radius 1 is 0.300 bits per heavy atom. The fraction of sp³-hybridized carbons (Fsp3) is 0.0909. The third-order valence-corrected chi connectivity index (χ3v) is 14.9. The second kappa shape index (κ2) is 16.0. The van der Waals surface area contributed by atoms with Gasteiger partial charge in [-0.25, -0.2) is 9.97 Å². The van der Waals surface area contributed by atoms with Gasteiger partial charge in [0.2, 0.25) is 0 Å². The highest BCUT2D eigenvalue weighted by atomic mass is 15.1. The zero-order chi connectivity index (χ0) is 47.1. The number of benzene rings is 10. The van der Waals surface area contributed by atoms with Crippen molar-refractivity contribution < 1.29 is 0 Å². The quantitative estimate of drug-likeness (QED) is 0.152. The molecule has 0 unspecified atom stereocenters. The number of aromatic nitrogens is 2. The van der Waals surface area contributed by atoms with E-state index in [1.54, 1.807) is 0 Å². The Hall–Kier alpha value is -8.60. The molecule has 0 aliphatic heterocycles. The van der Waals surface area contributed by atoms with E-state index in [4.69, 9.17) is 9.97 Å². The summed E-state index contributed by atoms with van der Waals surface area (Å²) in [5, 5.41) is 4.86. The smallest absolute Gasteiger partial charge is 0.0933 e. The van der Waals surface area contributed by atoms with Gasteiger partial charge < -0.3 is 9.80 Å². The van der Waals surface area contributed by atoms with Gasteiger partial charge in [0.1, 0.15) is 0 Å². The molecule has 70 heavy (non-hydrogen) atoms. The van der Waals surface area contributed by atoms with E-state index >= 15 is 0 Å². The van der Waals surface area contributed by atoms with Gasteiger partial charge in [-0.1, -0.05) is 185 Å². The maximum absolute atomic E-state index is 5.62. The Labute approximate surface area is 409 Å². The van der Waals surface area contributed by atoms with Crippen LogP contribution in [0.4, 0.5) is 34.1 Å². The standard InChI is InChI=1S/C66H50N4/c1-65(2)58-41-43(33-35-56(58)61-63(65)68-62-57-36-34-48(42-59(57)66(3,4)64(62)67-61)69(44-21-9-5-10-22-44)45-23-11-6-12-24-45)49-37-38-53(51-30-18-17-29-50(49)51)54-39-40-60(55-32-20-19-31-52(54)55)70(46-25-13-7-14-26-46)47-27-15-8-16-28-47/h5-42H,1-4H3. The van der Waals surface area contributed by atoms with Gasteiger partial charge in [-0.3, -0.25) is 0 Å². The molecule has 0 saturated carbocycles. The molecule has 4 nitrogen and oxygen atoms in total. The van der Waals surface area contributed by atoms with Gasteiger partial charge in [0.25, 0.3) is 0 Å². The van der Waals surface area contributed by atoms with E-state index in [2.05, 4.69) is 268 Å². The summed E-state index contributed by atoms with van der Waals surface area (Å²) in [4.78, 5) is 15.9. The van der Waals surface area contributed by atoms with E-state index in [0.717, 1.165) is 62.5 Å². The topological polar surface area (TPSA) is 32.3 Å². The lowest BCUT2D eigenvalue weighted by atomic mass is 9.83. The first-order valence-corrected chi connectivity index (χ1v) is 24.3. The Morgan fingerprint density at radius 3 is 1.19 bits per heavy atom. The van der Waals surface area contributed by atoms with Crippen LogP contribution in [-0.2, 0) is 10.8 Å². The summed E-state index contributed by atoms with van der Waals surface area (Å²) in [6, 6.07) is 83.4. The summed E-state index contributed by atoms with van der Waals surface area (Å²) in [6.07, 6.45) is 0. The lowest BCUT2D eigenvalue weighted by molar-refractivity contribution is 0.617. The summed E-state index contributed by atoms with van der Waals surface area (Å²) in [5.74, 6) is 0. The first kappa shape index (κ1) is 41.6. The number of nitrogens with zero attached hydrogens (tertiary/aromatic N) is 4. The van der Waals surface area contributed by atoms with Crippen LogP contribution in [0.15, 0.2) is 231 Å². The largest absolute Gasteiger partial charge is 0.310 e. The highest BCUT2D eigenvalue weighted by molar-refractivity contribution is 6.12. The van der Waals surface area contributed by atoms with Crippen molar-refractivity contribution in [2.75, 3.05) is 9.80 Å². The predicted molar refractivity (Wildman–Crippen MR) is 292 cm³/mol. The average molecular weight is 899 g/mol. The van der Waals surface area contributed by atoms with Crippen molar-refractivity contribution in [3.63, 3.8) is 0 Å². The lowest BCUT2D eigenvalue weighted by Crippen LogP contribution is -2.20. The molecule has 0 amide bonds. The molecular weight excluding hydrogens is 849 g/mol. The van der Waals surface area contributed by atoms with E-state index < -0.39 is 0 Å². The first-order valence-electron chi connectivity index (χ1n) is 24.3. The summed E-state index contributed by atoms with van der Waals surface area (Å²) < 4.78 is 0. The van der Waals surface area contributed by atoms with Crippen molar-refractivity contribution >= 4 is 55.7 Å². The maximum atomic E-state index is 5.62. The van der Waals surface area contributed by atoms with Crippen molar-refractivity contribution in [3.05, 3.63) is 253 Å². The number of fused-ring (bicyclic) bond motifs is 8. The summed E-state index contributed by atoms with van der Waals surface area (Å²) in [5.41, 5.74) is 19.7. The minimum absolute atomic E-state index is 0.357. The van der Waals surface area contributed by atoms with Crippen LogP contribution < -0.4 is 9.80 Å². The van der Waals surface area contributed by atoms with Crippen LogP contribution in [0.25, 0.3) is 66.3 Å². The van der Waals surface area contributed by atoms with Crippen molar-refractivity contribution in [2.24, 2.45) is 0 Å². The lowest BCUT2D eigenvalue weighted by Gasteiger charge is -2.27. The molecule has 0 bridgehead atoms. The van der Waals surface area contributed by atoms with Crippen LogP contribution in [0.5, 0.6) is 0 Å². The van der Waals surface area contributed by atoms with Crippen molar-refractivity contribution in [1.82, 2.24) is 9.97 Å². The molecule has 1 heterocycles. The molecule has 0 N–H and O–H groups in total. The van der Waals surface area contributed by atoms with Crippen molar-refractivity contribution in [2.45, 2.75) is 38.5 Å². The van der Waals surface area contributed by atoms with Gasteiger partial charge in [-0.15, -0.1) is 0 Å². The molecule has 0 spiro atoms. The molecule has 0 radical (unpaired) electrons. The van der Waals surface area contributed by atoms with Gasteiger partial charge in [0.05, 0.1) is 28.5 Å². The first-order chi connectivity index (χ1) is 34.3. The number of hydrogen-bond donors (Lipinski definition) is 0. The zero-order valence-corrected chi connectivity index (χ0v) is 39.7. The minimum Gasteiger partial charge on any atom is -0.310 e. The van der Waals surface area contributed by atoms with Crippen molar-refractivity contribution in [3.8, 4) is 44.8 Å². The predicted octanol–water partition coefficient (Wildman–Crippen LogP) is 17.7. The van der Waals surface area contributed by atoms with Gasteiger partial charge in [-0.05, 0) is 122 Å². The average Bonchev–Trinajstić information content (AvgIpc) is 3.77. The van der Waals surface area contributed by atoms with Crippen LogP contribution in [-0.4, -0.2) is 9.97 Å². The number of para-hydroxylation sites is 4. The van der Waals surface area contributed by atoms with E-state index in [-0.39, 0.29) is 10.8 Å². The molecule has 0 saturated heterocycles. The second-order valence-electron chi connectivity index (χ2n) is 19.8. The number of rotatable bonds is 8. The Balaban J connectivity index is 0.879. The highest BCUT2D eigenvalue weighted by Gasteiger charge is 2.45. The van der Waals surface area contributed by atoms with Crippen LogP contribution in [0.3, 0.4) is 0 Å². The fourth-order valence-corrected chi connectivity index (χ4v) is 11.4. The SMILES string of the molecule is CC1(C)c2cc(-c3ccc(-c4ccc(N(c5ccccc5)c5ccccc5)c5ccccc45)c4ccccc34)ccc2-c2nc3c(nc21)-c1ccc(N(c2ccccc2)c2ccccc2)cc1C3(C)C. The number of hydrogen-bond acceptors (Lipinski definition) is 4. The van der Waals surface area contributed by atoms with E-state index in [1.165, 1.54) is 60.5 Å². The molecule has 0 atom stereocenters. The van der Waals surface area contributed by atoms with Crippen LogP contribution in [0.1, 0.15) is 50.2 Å². The van der Waals surface area contributed by atoms with Gasteiger partial charge in [-0.2, -0.15) is 0 Å². The zero-order valence-electron chi connectivity index (χ0n) is 39.7. The molecule has 2 aliphatic rings. The Morgan fingerprint density at radius 2 is 0.671 bits per heavy atom. The molecule has 1 aromatic heterocycles. The Kier molecular flexibility index (Phi) is 9.50. The third-order valence-electron chi connectivity index (χ3n) is 14.9. The second-order valence-corrected chi connectivity index (χ2v) is 19.8. The maximum Gasteiger partial charge on any atom is 0.0933 e. The van der Waals surface area contributed by atoms with E-state index in [1.807, 2.05) is 0 Å². The van der Waals surface area contributed by atoms with E-state index in [0.29, 0.717) is 0 Å². The number of anilines is 6. The van der Waals surface area contributed by atoms with Gasteiger partial charge in [0, 0.05) is 55.8 Å². The molecule has 10 aromatic carbocycles. The molecule has 2 aliphatic carbocycles. The minimum atomic E-state index is -0.364. The fourth-order valence-electron chi connectivity index (χ4n) is 11.4. The summed E-state index contributed by atoms with van der Waals surface area (Å²) >= 11 is 0. The normalized spacial score (nSPS) is 13.7.